The number of allylic oxidation sites excluding steroid dienone is 2. The van der Waals surface area contributed by atoms with Crippen molar-refractivity contribution in [2.75, 3.05) is 19.7 Å². The highest BCUT2D eigenvalue weighted by Crippen LogP contribution is 2.41. The number of hydrogen-bond donors (Lipinski definition) is 0. The average molecular weight is 249 g/mol. The van der Waals surface area contributed by atoms with E-state index in [9.17, 15) is 4.79 Å². The zero-order valence-corrected chi connectivity index (χ0v) is 11.1. The summed E-state index contributed by atoms with van der Waals surface area (Å²) < 4.78 is 5.54. The SMILES string of the molecule is O=C([C@@H]1CCCO1)N1CCC[C@@]2(CC=CCC2)C1. The van der Waals surface area contributed by atoms with E-state index in [4.69, 9.17) is 4.74 Å². The average Bonchev–Trinajstić information content (AvgIpc) is 2.93. The van der Waals surface area contributed by atoms with E-state index in [1.807, 2.05) is 0 Å². The number of likely N-dealkylation sites (tertiary alicyclic amines) is 1. The second-order valence-corrected chi connectivity index (χ2v) is 6.08. The third-order valence-corrected chi connectivity index (χ3v) is 4.74. The van der Waals surface area contributed by atoms with Crippen molar-refractivity contribution in [1.82, 2.24) is 4.90 Å². The van der Waals surface area contributed by atoms with Crippen LogP contribution in [0.25, 0.3) is 0 Å². The Morgan fingerprint density at radius 1 is 1.28 bits per heavy atom. The van der Waals surface area contributed by atoms with E-state index in [0.717, 1.165) is 45.4 Å². The molecule has 100 valence electrons. The van der Waals surface area contributed by atoms with Gasteiger partial charge in [-0.3, -0.25) is 4.79 Å². The van der Waals surface area contributed by atoms with Gasteiger partial charge in [-0.25, -0.2) is 0 Å². The minimum absolute atomic E-state index is 0.140. The van der Waals surface area contributed by atoms with Crippen molar-refractivity contribution in [2.24, 2.45) is 5.41 Å². The van der Waals surface area contributed by atoms with Crippen LogP contribution in [0.1, 0.15) is 44.9 Å². The molecule has 18 heavy (non-hydrogen) atoms. The van der Waals surface area contributed by atoms with E-state index in [0.29, 0.717) is 5.41 Å². The Morgan fingerprint density at radius 3 is 2.94 bits per heavy atom. The molecule has 0 saturated carbocycles. The number of hydrogen-bond acceptors (Lipinski definition) is 2. The van der Waals surface area contributed by atoms with Crippen LogP contribution >= 0.6 is 0 Å². The van der Waals surface area contributed by atoms with Gasteiger partial charge in [0.1, 0.15) is 6.10 Å². The highest BCUT2D eigenvalue weighted by molar-refractivity contribution is 5.81. The third kappa shape index (κ3) is 2.33. The lowest BCUT2D eigenvalue weighted by Gasteiger charge is -2.44. The summed E-state index contributed by atoms with van der Waals surface area (Å²) in [6.07, 6.45) is 12.4. The second-order valence-electron chi connectivity index (χ2n) is 6.08. The summed E-state index contributed by atoms with van der Waals surface area (Å²) in [6.45, 7) is 2.65. The maximum absolute atomic E-state index is 12.4. The Morgan fingerprint density at radius 2 is 2.22 bits per heavy atom. The number of carbonyl (C=O) groups is 1. The molecule has 0 unspecified atom stereocenters. The van der Waals surface area contributed by atoms with Gasteiger partial charge in [-0.2, -0.15) is 0 Å². The van der Waals surface area contributed by atoms with Crippen LogP contribution in [0.2, 0.25) is 0 Å². The summed E-state index contributed by atoms with van der Waals surface area (Å²) in [5, 5.41) is 0. The maximum Gasteiger partial charge on any atom is 0.251 e. The Labute approximate surface area is 109 Å². The van der Waals surface area contributed by atoms with Crippen LogP contribution < -0.4 is 0 Å². The molecule has 1 amide bonds. The number of amides is 1. The van der Waals surface area contributed by atoms with Gasteiger partial charge < -0.3 is 9.64 Å². The molecule has 0 N–H and O–H groups in total. The molecule has 0 radical (unpaired) electrons. The molecule has 3 heteroatoms. The number of rotatable bonds is 1. The monoisotopic (exact) mass is 249 g/mol. The molecular formula is C15H23NO2. The highest BCUT2D eigenvalue weighted by atomic mass is 16.5. The van der Waals surface area contributed by atoms with Crippen LogP contribution in [-0.4, -0.2) is 36.6 Å². The van der Waals surface area contributed by atoms with Crippen LogP contribution in [0.5, 0.6) is 0 Å². The fraction of sp³-hybridized carbons (Fsp3) is 0.800. The molecular weight excluding hydrogens is 226 g/mol. The van der Waals surface area contributed by atoms with Crippen molar-refractivity contribution in [1.29, 1.82) is 0 Å². The Hall–Kier alpha value is -0.830. The molecule has 3 aliphatic rings. The summed E-state index contributed by atoms with van der Waals surface area (Å²) in [5.74, 6) is 0.251. The van der Waals surface area contributed by atoms with Gasteiger partial charge in [-0.15, -0.1) is 0 Å². The minimum Gasteiger partial charge on any atom is -0.368 e. The number of carbonyl (C=O) groups excluding carboxylic acids is 1. The second kappa shape index (κ2) is 5.04. The van der Waals surface area contributed by atoms with Crippen molar-refractivity contribution < 1.29 is 9.53 Å². The molecule has 0 aromatic carbocycles. The lowest BCUT2D eigenvalue weighted by molar-refractivity contribution is -0.144. The Balaban J connectivity index is 1.66. The van der Waals surface area contributed by atoms with Gasteiger partial charge >= 0.3 is 0 Å². The smallest absolute Gasteiger partial charge is 0.251 e. The standard InChI is InChI=1S/C15H23NO2/c17-14(13-6-4-11-18-13)16-10-5-9-15(12-16)7-2-1-3-8-15/h1-2,13H,3-12H2/t13-,15-/m0/s1. The molecule has 2 heterocycles. The molecule has 2 saturated heterocycles. The van der Waals surface area contributed by atoms with Gasteiger partial charge in [0.2, 0.25) is 0 Å². The molecule has 1 spiro atoms. The first kappa shape index (κ1) is 12.2. The quantitative estimate of drug-likeness (QED) is 0.668. The lowest BCUT2D eigenvalue weighted by Crippen LogP contribution is -2.49. The molecule has 3 rings (SSSR count). The molecule has 3 nitrogen and oxygen atoms in total. The maximum atomic E-state index is 12.4. The van der Waals surface area contributed by atoms with E-state index in [-0.39, 0.29) is 12.0 Å². The largest absolute Gasteiger partial charge is 0.368 e. The van der Waals surface area contributed by atoms with Crippen LogP contribution in [0.15, 0.2) is 12.2 Å². The summed E-state index contributed by atoms with van der Waals surface area (Å²) in [5.41, 5.74) is 0.376. The van der Waals surface area contributed by atoms with E-state index in [1.165, 1.54) is 19.3 Å². The summed E-state index contributed by atoms with van der Waals surface area (Å²) >= 11 is 0. The van der Waals surface area contributed by atoms with Gasteiger partial charge in [0, 0.05) is 19.7 Å². The first-order chi connectivity index (χ1) is 8.79. The van der Waals surface area contributed by atoms with Gasteiger partial charge in [0.15, 0.2) is 0 Å². The van der Waals surface area contributed by atoms with Crippen LogP contribution in [-0.2, 0) is 9.53 Å². The Kier molecular flexibility index (Phi) is 3.42. The number of piperidine rings is 1. The van der Waals surface area contributed by atoms with E-state index < -0.39 is 0 Å². The zero-order chi connectivity index (χ0) is 12.4. The first-order valence-corrected chi connectivity index (χ1v) is 7.35. The van der Waals surface area contributed by atoms with Crippen molar-refractivity contribution in [3.05, 3.63) is 12.2 Å². The van der Waals surface area contributed by atoms with Crippen molar-refractivity contribution in [2.45, 2.75) is 51.0 Å². The van der Waals surface area contributed by atoms with Gasteiger partial charge in [0.25, 0.3) is 5.91 Å². The molecule has 2 atom stereocenters. The van der Waals surface area contributed by atoms with Crippen molar-refractivity contribution >= 4 is 5.91 Å². The topological polar surface area (TPSA) is 29.5 Å². The zero-order valence-electron chi connectivity index (χ0n) is 11.1. The van der Waals surface area contributed by atoms with Crippen molar-refractivity contribution in [3.8, 4) is 0 Å². The lowest BCUT2D eigenvalue weighted by atomic mass is 9.71. The first-order valence-electron chi connectivity index (χ1n) is 7.35. The van der Waals surface area contributed by atoms with Crippen molar-refractivity contribution in [3.63, 3.8) is 0 Å². The van der Waals surface area contributed by atoms with E-state index >= 15 is 0 Å². The number of ether oxygens (including phenoxy) is 1. The Bertz CT molecular complexity index is 346. The molecule has 0 bridgehead atoms. The number of nitrogens with zero attached hydrogens (tertiary/aromatic N) is 1. The normalized spacial score (nSPS) is 36.2. The summed E-state index contributed by atoms with van der Waals surface area (Å²) in [4.78, 5) is 14.5. The van der Waals surface area contributed by atoms with Crippen LogP contribution in [0, 0.1) is 5.41 Å². The molecule has 1 aliphatic carbocycles. The third-order valence-electron chi connectivity index (χ3n) is 4.74. The molecule has 2 fully saturated rings. The summed E-state index contributed by atoms with van der Waals surface area (Å²) in [7, 11) is 0. The van der Waals surface area contributed by atoms with Gasteiger partial charge in [0.05, 0.1) is 0 Å². The van der Waals surface area contributed by atoms with E-state index in [2.05, 4.69) is 17.1 Å². The molecule has 0 aromatic heterocycles. The molecule has 0 aromatic rings. The highest BCUT2D eigenvalue weighted by Gasteiger charge is 2.39. The fourth-order valence-corrected chi connectivity index (χ4v) is 3.69. The van der Waals surface area contributed by atoms with Gasteiger partial charge in [-0.05, 0) is 50.4 Å². The minimum atomic E-state index is -0.140. The predicted molar refractivity (Wildman–Crippen MR) is 70.2 cm³/mol. The van der Waals surface area contributed by atoms with Gasteiger partial charge in [-0.1, -0.05) is 12.2 Å². The fourth-order valence-electron chi connectivity index (χ4n) is 3.69. The summed E-state index contributed by atoms with van der Waals surface area (Å²) in [6, 6.07) is 0. The van der Waals surface area contributed by atoms with E-state index in [1.54, 1.807) is 0 Å². The van der Waals surface area contributed by atoms with Crippen LogP contribution in [0.4, 0.5) is 0 Å². The molecule has 2 aliphatic heterocycles. The van der Waals surface area contributed by atoms with Crippen LogP contribution in [0.3, 0.4) is 0 Å². The predicted octanol–water partition coefficient (Wildman–Crippen LogP) is 2.51.